The quantitative estimate of drug-likeness (QED) is 0.717. The van der Waals surface area contributed by atoms with E-state index in [0.29, 0.717) is 19.4 Å². The highest BCUT2D eigenvalue weighted by Crippen LogP contribution is 2.24. The third-order valence-corrected chi connectivity index (χ3v) is 4.57. The van der Waals surface area contributed by atoms with Gasteiger partial charge in [0.05, 0.1) is 5.92 Å². The summed E-state index contributed by atoms with van der Waals surface area (Å²) >= 11 is 0. The van der Waals surface area contributed by atoms with Crippen LogP contribution in [0.1, 0.15) is 44.9 Å². The summed E-state index contributed by atoms with van der Waals surface area (Å²) in [7, 11) is 0. The first-order valence-corrected chi connectivity index (χ1v) is 8.14. The molecule has 0 unspecified atom stereocenters. The Morgan fingerprint density at radius 1 is 1.05 bits per heavy atom. The van der Waals surface area contributed by atoms with Crippen LogP contribution >= 0.6 is 0 Å². The van der Waals surface area contributed by atoms with Crippen molar-refractivity contribution in [3.8, 4) is 0 Å². The van der Waals surface area contributed by atoms with Crippen molar-refractivity contribution in [2.45, 2.75) is 51.0 Å². The van der Waals surface area contributed by atoms with E-state index in [-0.39, 0.29) is 18.0 Å². The number of rotatable bonds is 5. The number of nitrogens with zero attached hydrogens (tertiary/aromatic N) is 1. The molecule has 0 aromatic heterocycles. The van der Waals surface area contributed by atoms with Crippen LogP contribution in [0.15, 0.2) is 0 Å². The minimum atomic E-state index is -0.709. The molecule has 0 bridgehead atoms. The molecule has 6 nitrogen and oxygen atoms in total. The SMILES string of the molecule is O=C(NCCN1CCCCC1)NC1CCC(C(=O)O)CC1. The Morgan fingerprint density at radius 3 is 2.33 bits per heavy atom. The molecule has 1 aliphatic carbocycles. The first-order valence-electron chi connectivity index (χ1n) is 8.14. The summed E-state index contributed by atoms with van der Waals surface area (Å²) in [4.78, 5) is 25.1. The van der Waals surface area contributed by atoms with Gasteiger partial charge in [-0.25, -0.2) is 4.79 Å². The minimum absolute atomic E-state index is 0.120. The van der Waals surface area contributed by atoms with Gasteiger partial charge in [-0.15, -0.1) is 0 Å². The smallest absolute Gasteiger partial charge is 0.315 e. The maximum Gasteiger partial charge on any atom is 0.315 e. The number of hydrogen-bond donors (Lipinski definition) is 3. The molecule has 6 heteroatoms. The lowest BCUT2D eigenvalue weighted by Crippen LogP contribution is -2.46. The second-order valence-electron chi connectivity index (χ2n) is 6.19. The molecule has 2 aliphatic rings. The third kappa shape index (κ3) is 5.53. The number of carbonyl (C=O) groups excluding carboxylic acids is 1. The van der Waals surface area contributed by atoms with Crippen molar-refractivity contribution in [1.82, 2.24) is 15.5 Å². The van der Waals surface area contributed by atoms with Crippen molar-refractivity contribution >= 4 is 12.0 Å². The molecular weight excluding hydrogens is 270 g/mol. The van der Waals surface area contributed by atoms with Crippen molar-refractivity contribution in [2.75, 3.05) is 26.2 Å². The number of likely N-dealkylation sites (tertiary alicyclic amines) is 1. The topological polar surface area (TPSA) is 81.7 Å². The van der Waals surface area contributed by atoms with Crippen LogP contribution in [0.25, 0.3) is 0 Å². The molecule has 0 spiro atoms. The van der Waals surface area contributed by atoms with Gasteiger partial charge in [-0.3, -0.25) is 4.79 Å². The van der Waals surface area contributed by atoms with Crippen LogP contribution in [-0.4, -0.2) is 54.2 Å². The zero-order valence-corrected chi connectivity index (χ0v) is 12.6. The lowest BCUT2D eigenvalue weighted by molar-refractivity contribution is -0.142. The zero-order valence-electron chi connectivity index (χ0n) is 12.6. The van der Waals surface area contributed by atoms with Crippen LogP contribution < -0.4 is 10.6 Å². The van der Waals surface area contributed by atoms with Crippen molar-refractivity contribution < 1.29 is 14.7 Å². The number of urea groups is 1. The first kappa shape index (κ1) is 16.1. The van der Waals surface area contributed by atoms with E-state index >= 15 is 0 Å². The number of carbonyl (C=O) groups is 2. The Bertz CT molecular complexity index is 348. The summed E-state index contributed by atoms with van der Waals surface area (Å²) in [6.07, 6.45) is 6.69. The Hall–Kier alpha value is -1.30. The van der Waals surface area contributed by atoms with E-state index in [1.807, 2.05) is 0 Å². The van der Waals surface area contributed by atoms with Crippen LogP contribution in [0.3, 0.4) is 0 Å². The monoisotopic (exact) mass is 297 g/mol. The van der Waals surface area contributed by atoms with Gasteiger partial charge in [0, 0.05) is 19.1 Å². The van der Waals surface area contributed by atoms with Crippen LogP contribution in [0.4, 0.5) is 4.79 Å². The van der Waals surface area contributed by atoms with Crippen LogP contribution in [0.2, 0.25) is 0 Å². The highest BCUT2D eigenvalue weighted by Gasteiger charge is 2.26. The molecule has 21 heavy (non-hydrogen) atoms. The van der Waals surface area contributed by atoms with E-state index < -0.39 is 5.97 Å². The number of amides is 2. The van der Waals surface area contributed by atoms with Crippen molar-refractivity contribution in [2.24, 2.45) is 5.92 Å². The van der Waals surface area contributed by atoms with E-state index in [2.05, 4.69) is 15.5 Å². The molecule has 2 fully saturated rings. The normalized spacial score (nSPS) is 27.0. The number of aliphatic carboxylic acids is 1. The van der Waals surface area contributed by atoms with Gasteiger partial charge in [-0.1, -0.05) is 6.42 Å². The molecule has 120 valence electrons. The summed E-state index contributed by atoms with van der Waals surface area (Å²) in [5.41, 5.74) is 0. The van der Waals surface area contributed by atoms with Gasteiger partial charge in [0.2, 0.25) is 0 Å². The van der Waals surface area contributed by atoms with Gasteiger partial charge in [-0.2, -0.15) is 0 Å². The molecule has 1 saturated heterocycles. The van der Waals surface area contributed by atoms with Crippen molar-refractivity contribution in [3.63, 3.8) is 0 Å². The van der Waals surface area contributed by atoms with Crippen LogP contribution in [-0.2, 0) is 4.79 Å². The maximum atomic E-state index is 11.8. The molecule has 2 amide bonds. The largest absolute Gasteiger partial charge is 0.481 e. The van der Waals surface area contributed by atoms with Crippen molar-refractivity contribution in [3.05, 3.63) is 0 Å². The highest BCUT2D eigenvalue weighted by atomic mass is 16.4. The fourth-order valence-electron chi connectivity index (χ4n) is 3.23. The molecule has 0 atom stereocenters. The van der Waals surface area contributed by atoms with Crippen LogP contribution in [0, 0.1) is 5.92 Å². The predicted molar refractivity (Wildman–Crippen MR) is 80.2 cm³/mol. The van der Waals surface area contributed by atoms with Gasteiger partial charge in [0.15, 0.2) is 0 Å². The summed E-state index contributed by atoms with van der Waals surface area (Å²) < 4.78 is 0. The fraction of sp³-hybridized carbons (Fsp3) is 0.867. The van der Waals surface area contributed by atoms with Gasteiger partial charge < -0.3 is 20.6 Å². The lowest BCUT2D eigenvalue weighted by atomic mass is 9.86. The Balaban J connectivity index is 1.56. The Labute approximate surface area is 126 Å². The molecule has 3 N–H and O–H groups in total. The summed E-state index contributed by atoms with van der Waals surface area (Å²) in [6.45, 7) is 3.88. The first-order chi connectivity index (χ1) is 10.1. The summed E-state index contributed by atoms with van der Waals surface area (Å²) in [5, 5.41) is 14.8. The molecule has 2 rings (SSSR count). The average molecular weight is 297 g/mol. The van der Waals surface area contributed by atoms with E-state index in [0.717, 1.165) is 32.5 Å². The number of carboxylic acids is 1. The number of carboxylic acid groups (broad SMARTS) is 1. The Morgan fingerprint density at radius 2 is 1.71 bits per heavy atom. The second kappa shape index (κ2) is 8.22. The van der Waals surface area contributed by atoms with Gasteiger partial charge in [0.25, 0.3) is 0 Å². The number of hydrogen-bond acceptors (Lipinski definition) is 3. The Kier molecular flexibility index (Phi) is 6.29. The van der Waals surface area contributed by atoms with E-state index in [9.17, 15) is 9.59 Å². The molecule has 1 saturated carbocycles. The zero-order chi connectivity index (χ0) is 15.1. The molecule has 1 aliphatic heterocycles. The van der Waals surface area contributed by atoms with Gasteiger partial charge in [-0.05, 0) is 51.6 Å². The molecule has 1 heterocycles. The van der Waals surface area contributed by atoms with Crippen molar-refractivity contribution in [1.29, 1.82) is 0 Å². The minimum Gasteiger partial charge on any atom is -0.481 e. The third-order valence-electron chi connectivity index (χ3n) is 4.57. The lowest BCUT2D eigenvalue weighted by Gasteiger charge is -2.28. The van der Waals surface area contributed by atoms with E-state index in [4.69, 9.17) is 5.11 Å². The van der Waals surface area contributed by atoms with E-state index in [1.165, 1.54) is 19.3 Å². The molecule has 0 aromatic rings. The molecule has 0 aromatic carbocycles. The average Bonchev–Trinajstić information content (AvgIpc) is 2.49. The predicted octanol–water partition coefficient (Wildman–Crippen LogP) is 1.41. The number of nitrogens with one attached hydrogen (secondary N) is 2. The highest BCUT2D eigenvalue weighted by molar-refractivity contribution is 5.74. The fourth-order valence-corrected chi connectivity index (χ4v) is 3.23. The van der Waals surface area contributed by atoms with E-state index in [1.54, 1.807) is 0 Å². The molecular formula is C15H27N3O3. The standard InChI is InChI=1S/C15H27N3O3/c19-14(20)12-4-6-13(7-5-12)17-15(21)16-8-11-18-9-2-1-3-10-18/h12-13H,1-11H2,(H,19,20)(H2,16,17,21). The summed E-state index contributed by atoms with van der Waals surface area (Å²) in [6, 6.07) is 0.00127. The summed E-state index contributed by atoms with van der Waals surface area (Å²) in [5.74, 6) is -0.940. The second-order valence-corrected chi connectivity index (χ2v) is 6.19. The molecule has 0 radical (unpaired) electrons. The number of piperidine rings is 1. The van der Waals surface area contributed by atoms with Gasteiger partial charge in [0.1, 0.15) is 0 Å². The maximum absolute atomic E-state index is 11.8. The van der Waals surface area contributed by atoms with Gasteiger partial charge >= 0.3 is 12.0 Å². The van der Waals surface area contributed by atoms with Crippen LogP contribution in [0.5, 0.6) is 0 Å².